The number of thiophene rings is 1. The molecule has 5 heterocycles. The van der Waals surface area contributed by atoms with E-state index in [4.69, 9.17) is 0 Å². The van der Waals surface area contributed by atoms with Crippen molar-refractivity contribution in [2.24, 2.45) is 0 Å². The number of pyridine rings is 1. The molecule has 1 atom stereocenters. The van der Waals surface area contributed by atoms with Crippen LogP contribution in [0.2, 0.25) is 0 Å². The lowest BCUT2D eigenvalue weighted by Crippen LogP contribution is -2.56. The van der Waals surface area contributed by atoms with E-state index in [1.165, 1.54) is 11.2 Å². The Hall–Kier alpha value is -4.12. The second-order valence-corrected chi connectivity index (χ2v) is 9.46. The van der Waals surface area contributed by atoms with Crippen molar-refractivity contribution < 1.29 is 9.59 Å². The molecular formula is C25H26N8O2S. The Bertz CT molecular complexity index is 1280. The molecule has 10 nitrogen and oxygen atoms in total. The zero-order chi connectivity index (χ0) is 24.7. The van der Waals surface area contributed by atoms with Crippen molar-refractivity contribution >= 4 is 29.0 Å². The van der Waals surface area contributed by atoms with Gasteiger partial charge in [0.15, 0.2) is 0 Å². The van der Waals surface area contributed by atoms with Crippen molar-refractivity contribution in [1.82, 2.24) is 34.7 Å². The van der Waals surface area contributed by atoms with E-state index in [2.05, 4.69) is 36.2 Å². The van der Waals surface area contributed by atoms with E-state index in [-0.39, 0.29) is 24.3 Å². The van der Waals surface area contributed by atoms with Gasteiger partial charge in [-0.1, -0.05) is 6.07 Å². The highest BCUT2D eigenvalue weighted by Crippen LogP contribution is 2.23. The van der Waals surface area contributed by atoms with Gasteiger partial charge in [0.1, 0.15) is 24.3 Å². The van der Waals surface area contributed by atoms with E-state index in [1.54, 1.807) is 57.9 Å². The molecule has 11 heteroatoms. The lowest BCUT2D eigenvalue weighted by Gasteiger charge is -2.42. The van der Waals surface area contributed by atoms with Crippen LogP contribution in [0.4, 0.5) is 5.82 Å². The second-order valence-electron chi connectivity index (χ2n) is 8.43. The van der Waals surface area contributed by atoms with Crippen LogP contribution >= 0.6 is 11.3 Å². The van der Waals surface area contributed by atoms with Crippen LogP contribution in [0.5, 0.6) is 0 Å². The molecule has 5 rings (SSSR count). The average molecular weight is 503 g/mol. The smallest absolute Gasteiger partial charge is 0.255 e. The van der Waals surface area contributed by atoms with Gasteiger partial charge in [-0.3, -0.25) is 19.1 Å². The van der Waals surface area contributed by atoms with E-state index in [0.717, 1.165) is 6.42 Å². The first-order valence-corrected chi connectivity index (χ1v) is 12.6. The number of rotatable bonds is 8. The first-order chi connectivity index (χ1) is 17.7. The van der Waals surface area contributed by atoms with E-state index in [0.29, 0.717) is 43.4 Å². The summed E-state index contributed by atoms with van der Waals surface area (Å²) in [7, 11) is 0. The molecule has 1 saturated heterocycles. The third-order valence-corrected chi connectivity index (χ3v) is 7.01. The number of imidazole rings is 1. The lowest BCUT2D eigenvalue weighted by atomic mass is 10.1. The first kappa shape index (κ1) is 23.6. The Kier molecular flexibility index (Phi) is 7.27. The zero-order valence-electron chi connectivity index (χ0n) is 19.6. The summed E-state index contributed by atoms with van der Waals surface area (Å²) >= 11 is 1.68. The van der Waals surface area contributed by atoms with E-state index in [1.807, 2.05) is 23.7 Å². The topological polar surface area (TPSA) is 109 Å². The van der Waals surface area contributed by atoms with Crippen molar-refractivity contribution in [3.05, 3.63) is 83.6 Å². The monoisotopic (exact) mass is 502 g/mol. The Morgan fingerprint density at radius 1 is 1.08 bits per heavy atom. The predicted molar refractivity (Wildman–Crippen MR) is 136 cm³/mol. The van der Waals surface area contributed by atoms with E-state index >= 15 is 0 Å². The van der Waals surface area contributed by atoms with Crippen LogP contribution in [-0.2, 0) is 11.2 Å². The summed E-state index contributed by atoms with van der Waals surface area (Å²) in [5, 5.41) is 5.06. The summed E-state index contributed by atoms with van der Waals surface area (Å²) in [4.78, 5) is 48.2. The number of hydrogen-bond acceptors (Lipinski definition) is 8. The van der Waals surface area contributed by atoms with Crippen molar-refractivity contribution in [3.8, 4) is 5.82 Å². The number of piperazine rings is 1. The van der Waals surface area contributed by atoms with Crippen molar-refractivity contribution in [1.29, 1.82) is 0 Å². The van der Waals surface area contributed by atoms with Gasteiger partial charge in [-0.15, -0.1) is 11.3 Å². The Labute approximate surface area is 212 Å². The van der Waals surface area contributed by atoms with Crippen LogP contribution in [0.3, 0.4) is 0 Å². The van der Waals surface area contributed by atoms with Crippen LogP contribution in [0.1, 0.15) is 21.7 Å². The van der Waals surface area contributed by atoms with Gasteiger partial charge in [-0.05, 0) is 30.0 Å². The summed E-state index contributed by atoms with van der Waals surface area (Å²) in [6.45, 7) is 2.02. The molecule has 0 spiro atoms. The summed E-state index contributed by atoms with van der Waals surface area (Å²) < 4.78 is 1.81. The highest BCUT2D eigenvalue weighted by atomic mass is 32.1. The molecule has 0 saturated carbocycles. The number of nitrogens with zero attached hydrogens (tertiary/aromatic N) is 7. The maximum absolute atomic E-state index is 13.1. The molecule has 184 valence electrons. The second kappa shape index (κ2) is 11.1. The predicted octanol–water partition coefficient (Wildman–Crippen LogP) is 2.20. The number of carbonyl (C=O) groups is 2. The summed E-state index contributed by atoms with van der Waals surface area (Å²) in [6, 6.07) is 9.22. The minimum absolute atomic E-state index is 0.0545. The van der Waals surface area contributed by atoms with Crippen molar-refractivity contribution in [2.45, 2.75) is 18.9 Å². The van der Waals surface area contributed by atoms with Gasteiger partial charge in [-0.25, -0.2) is 15.0 Å². The highest BCUT2D eigenvalue weighted by Gasteiger charge is 2.32. The fourth-order valence-electron chi connectivity index (χ4n) is 4.28. The van der Waals surface area contributed by atoms with Gasteiger partial charge in [0, 0.05) is 68.3 Å². The molecule has 36 heavy (non-hydrogen) atoms. The normalized spacial score (nSPS) is 15.6. The maximum atomic E-state index is 13.1. The van der Waals surface area contributed by atoms with Gasteiger partial charge in [-0.2, -0.15) is 0 Å². The molecule has 0 aromatic carbocycles. The molecule has 1 aliphatic heterocycles. The van der Waals surface area contributed by atoms with Gasteiger partial charge in [0.2, 0.25) is 5.91 Å². The molecule has 0 radical (unpaired) electrons. The third-order valence-electron chi connectivity index (χ3n) is 6.07. The first-order valence-electron chi connectivity index (χ1n) is 11.7. The van der Waals surface area contributed by atoms with E-state index < -0.39 is 0 Å². The third kappa shape index (κ3) is 5.57. The molecule has 0 aliphatic carbocycles. The number of nitrogens with one attached hydrogen (secondary N) is 1. The molecule has 1 fully saturated rings. The van der Waals surface area contributed by atoms with Crippen LogP contribution in [0, 0.1) is 0 Å². The number of amides is 2. The Morgan fingerprint density at radius 2 is 2.00 bits per heavy atom. The quantitative estimate of drug-likeness (QED) is 0.393. The van der Waals surface area contributed by atoms with Crippen molar-refractivity contribution in [2.75, 3.05) is 31.1 Å². The van der Waals surface area contributed by atoms with Gasteiger partial charge in [0.05, 0.1) is 11.6 Å². The van der Waals surface area contributed by atoms with Crippen molar-refractivity contribution in [3.63, 3.8) is 0 Å². The van der Waals surface area contributed by atoms with Crippen LogP contribution in [0.15, 0.2) is 73.2 Å². The number of anilines is 1. The molecule has 4 aromatic heterocycles. The molecule has 1 unspecified atom stereocenters. The van der Waals surface area contributed by atoms with Crippen LogP contribution < -0.4 is 10.2 Å². The standard InChI is InChI=1S/C25H26N8O2S/c34-24(28-7-5-21-4-2-12-36-21)13-20-16-31(25(35)19-3-1-6-26-15-19)10-11-33(20)23-14-22(29-17-30-23)32-9-8-27-18-32/h1-4,6,8-9,12,14-15,17-18,20H,5,7,10-11,13,16H2,(H,28,34). The highest BCUT2D eigenvalue weighted by molar-refractivity contribution is 7.09. The number of hydrogen-bond donors (Lipinski definition) is 1. The molecule has 4 aromatic rings. The number of carbonyl (C=O) groups excluding carboxylic acids is 2. The maximum Gasteiger partial charge on any atom is 0.255 e. The fourth-order valence-corrected chi connectivity index (χ4v) is 4.99. The Morgan fingerprint density at radius 3 is 2.78 bits per heavy atom. The number of aromatic nitrogens is 5. The summed E-state index contributed by atoms with van der Waals surface area (Å²) in [5.74, 6) is 1.25. The SMILES string of the molecule is O=C(CC1CN(C(=O)c2cccnc2)CCN1c1cc(-n2ccnc2)ncn1)NCCc1cccs1. The van der Waals surface area contributed by atoms with E-state index in [9.17, 15) is 9.59 Å². The molecule has 1 N–H and O–H groups in total. The van der Waals surface area contributed by atoms with Gasteiger partial charge < -0.3 is 15.1 Å². The average Bonchev–Trinajstić information content (AvgIpc) is 3.64. The van der Waals surface area contributed by atoms with Gasteiger partial charge in [0.25, 0.3) is 5.91 Å². The summed E-state index contributed by atoms with van der Waals surface area (Å²) in [6.07, 6.45) is 10.9. The summed E-state index contributed by atoms with van der Waals surface area (Å²) in [5.41, 5.74) is 0.537. The molecule has 2 amide bonds. The van der Waals surface area contributed by atoms with Crippen LogP contribution in [0.25, 0.3) is 5.82 Å². The zero-order valence-corrected chi connectivity index (χ0v) is 20.4. The Balaban J connectivity index is 1.32. The lowest BCUT2D eigenvalue weighted by molar-refractivity contribution is -0.121. The minimum Gasteiger partial charge on any atom is -0.356 e. The molecule has 0 bridgehead atoms. The fraction of sp³-hybridized carbons (Fsp3) is 0.280. The van der Waals surface area contributed by atoms with Gasteiger partial charge >= 0.3 is 0 Å². The largest absolute Gasteiger partial charge is 0.356 e. The van der Waals surface area contributed by atoms with Crippen LogP contribution in [-0.4, -0.2) is 73.4 Å². The molecule has 1 aliphatic rings. The minimum atomic E-state index is -0.244. The molecular weight excluding hydrogens is 476 g/mol.